The van der Waals surface area contributed by atoms with E-state index in [-0.39, 0.29) is 0 Å². The van der Waals surface area contributed by atoms with Crippen LogP contribution in [0.4, 0.5) is 0 Å². The molecule has 1 N–H and O–H groups in total. The average molecular weight is 291 g/mol. The molecule has 2 nitrogen and oxygen atoms in total. The molecule has 0 aliphatic rings. The van der Waals surface area contributed by atoms with Gasteiger partial charge in [0, 0.05) is 22.2 Å². The van der Waals surface area contributed by atoms with Crippen molar-refractivity contribution in [1.29, 1.82) is 5.26 Å². The van der Waals surface area contributed by atoms with Gasteiger partial charge in [0.25, 0.3) is 0 Å². The van der Waals surface area contributed by atoms with Crippen LogP contribution in [0.1, 0.15) is 17.2 Å². The molecule has 0 aliphatic heterocycles. The normalized spacial score (nSPS) is 11.8. The Morgan fingerprint density at radius 3 is 2.53 bits per heavy atom. The lowest BCUT2D eigenvalue weighted by Crippen LogP contribution is -2.19. The van der Waals surface area contributed by atoms with Crippen LogP contribution in [0.2, 0.25) is 10.0 Å². The fourth-order valence-corrected chi connectivity index (χ4v) is 2.18. The molecule has 0 aromatic heterocycles. The summed E-state index contributed by atoms with van der Waals surface area (Å²) < 4.78 is 0. The van der Waals surface area contributed by atoms with Crippen molar-refractivity contribution in [2.45, 2.75) is 12.6 Å². The molecular weight excluding hydrogens is 279 g/mol. The van der Waals surface area contributed by atoms with Crippen LogP contribution in [-0.2, 0) is 6.54 Å². The van der Waals surface area contributed by atoms with Crippen LogP contribution in [-0.4, -0.2) is 0 Å². The lowest BCUT2D eigenvalue weighted by atomic mass is 10.1. The number of benzene rings is 2. The van der Waals surface area contributed by atoms with Gasteiger partial charge in [-0.1, -0.05) is 53.5 Å². The Hall–Kier alpha value is -1.53. The fraction of sp³-hybridized carbons (Fsp3) is 0.133. The second-order valence-corrected chi connectivity index (χ2v) is 4.94. The summed E-state index contributed by atoms with van der Waals surface area (Å²) in [7, 11) is 0. The maximum Gasteiger partial charge on any atom is 0.123 e. The maximum absolute atomic E-state index is 9.26. The molecule has 0 aliphatic carbocycles. The molecule has 0 bridgehead atoms. The highest BCUT2D eigenvalue weighted by atomic mass is 35.5. The molecule has 2 aromatic carbocycles. The first-order chi connectivity index (χ1) is 9.20. The highest BCUT2D eigenvalue weighted by Crippen LogP contribution is 2.26. The van der Waals surface area contributed by atoms with Gasteiger partial charge in [0.05, 0.1) is 6.07 Å². The van der Waals surface area contributed by atoms with Crippen LogP contribution in [0.3, 0.4) is 0 Å². The molecule has 0 saturated carbocycles. The number of rotatable bonds is 4. The van der Waals surface area contributed by atoms with Crippen LogP contribution in [0.15, 0.2) is 48.5 Å². The van der Waals surface area contributed by atoms with Gasteiger partial charge in [0.1, 0.15) is 6.04 Å². The van der Waals surface area contributed by atoms with Gasteiger partial charge in [-0.2, -0.15) is 5.26 Å². The molecule has 19 heavy (non-hydrogen) atoms. The van der Waals surface area contributed by atoms with Crippen LogP contribution >= 0.6 is 23.2 Å². The Morgan fingerprint density at radius 2 is 1.84 bits per heavy atom. The molecule has 0 radical (unpaired) electrons. The molecule has 0 fully saturated rings. The van der Waals surface area contributed by atoms with Crippen molar-refractivity contribution in [2.75, 3.05) is 0 Å². The second kappa shape index (κ2) is 6.58. The first-order valence-electron chi connectivity index (χ1n) is 5.82. The van der Waals surface area contributed by atoms with E-state index in [9.17, 15) is 5.26 Å². The molecule has 0 saturated heterocycles. The Labute approximate surface area is 122 Å². The highest BCUT2D eigenvalue weighted by Gasteiger charge is 2.14. The third kappa shape index (κ3) is 3.71. The number of nitriles is 1. The van der Waals surface area contributed by atoms with Gasteiger partial charge in [0.2, 0.25) is 0 Å². The molecule has 4 heteroatoms. The third-order valence-electron chi connectivity index (χ3n) is 2.75. The highest BCUT2D eigenvalue weighted by molar-refractivity contribution is 6.33. The van der Waals surface area contributed by atoms with Crippen molar-refractivity contribution in [1.82, 2.24) is 5.32 Å². The van der Waals surface area contributed by atoms with Crippen molar-refractivity contribution < 1.29 is 0 Å². The van der Waals surface area contributed by atoms with Crippen LogP contribution < -0.4 is 5.32 Å². The first-order valence-corrected chi connectivity index (χ1v) is 6.58. The quantitative estimate of drug-likeness (QED) is 0.909. The van der Waals surface area contributed by atoms with E-state index < -0.39 is 6.04 Å². The van der Waals surface area contributed by atoms with Crippen molar-refractivity contribution in [2.24, 2.45) is 0 Å². The Bertz CT molecular complexity index is 591. The number of hydrogen-bond donors (Lipinski definition) is 1. The van der Waals surface area contributed by atoms with Crippen molar-refractivity contribution in [3.05, 3.63) is 69.7 Å². The molecule has 1 unspecified atom stereocenters. The zero-order chi connectivity index (χ0) is 13.7. The minimum atomic E-state index is -0.480. The lowest BCUT2D eigenvalue weighted by molar-refractivity contribution is 0.630. The second-order valence-electron chi connectivity index (χ2n) is 4.09. The maximum atomic E-state index is 9.26. The van der Waals surface area contributed by atoms with Gasteiger partial charge in [-0.05, 0) is 23.8 Å². The van der Waals surface area contributed by atoms with E-state index >= 15 is 0 Å². The van der Waals surface area contributed by atoms with Gasteiger partial charge in [-0.15, -0.1) is 0 Å². The van der Waals surface area contributed by atoms with Crippen molar-refractivity contribution in [3.63, 3.8) is 0 Å². The summed E-state index contributed by atoms with van der Waals surface area (Å²) in [6.45, 7) is 0.599. The standard InChI is InChI=1S/C15H12Cl2N2/c16-12-6-7-14(17)13(8-12)15(9-18)19-10-11-4-2-1-3-5-11/h1-8,15,19H,10H2. The molecular formula is C15H12Cl2N2. The van der Waals surface area contributed by atoms with Gasteiger partial charge in [0.15, 0.2) is 0 Å². The molecule has 2 rings (SSSR count). The number of nitrogens with zero attached hydrogens (tertiary/aromatic N) is 1. The number of nitrogens with one attached hydrogen (secondary N) is 1. The minimum absolute atomic E-state index is 0.480. The average Bonchev–Trinajstić information content (AvgIpc) is 2.44. The summed E-state index contributed by atoms with van der Waals surface area (Å²) >= 11 is 12.0. The molecule has 2 aromatic rings. The largest absolute Gasteiger partial charge is 0.294 e. The summed E-state index contributed by atoms with van der Waals surface area (Å²) in [6, 6.07) is 16.7. The van der Waals surface area contributed by atoms with Crippen molar-refractivity contribution >= 4 is 23.2 Å². The van der Waals surface area contributed by atoms with Crippen molar-refractivity contribution in [3.8, 4) is 6.07 Å². The van der Waals surface area contributed by atoms with Crippen LogP contribution in [0.25, 0.3) is 0 Å². The molecule has 0 spiro atoms. The van der Waals surface area contributed by atoms with E-state index in [2.05, 4.69) is 11.4 Å². The van der Waals surface area contributed by atoms with Crippen LogP contribution in [0.5, 0.6) is 0 Å². The van der Waals surface area contributed by atoms with Gasteiger partial charge in [-0.25, -0.2) is 0 Å². The van der Waals surface area contributed by atoms with Gasteiger partial charge < -0.3 is 0 Å². The Morgan fingerprint density at radius 1 is 1.11 bits per heavy atom. The predicted molar refractivity (Wildman–Crippen MR) is 78.1 cm³/mol. The smallest absolute Gasteiger partial charge is 0.123 e. The summed E-state index contributed by atoms with van der Waals surface area (Å²) in [5.74, 6) is 0. The fourth-order valence-electron chi connectivity index (χ4n) is 1.78. The molecule has 1 atom stereocenters. The monoisotopic (exact) mass is 290 g/mol. The van der Waals surface area contributed by atoms with E-state index in [0.717, 1.165) is 5.56 Å². The van der Waals surface area contributed by atoms with E-state index in [4.69, 9.17) is 23.2 Å². The van der Waals surface area contributed by atoms with E-state index in [1.807, 2.05) is 30.3 Å². The first kappa shape index (κ1) is 13.9. The van der Waals surface area contributed by atoms with E-state index in [0.29, 0.717) is 22.2 Å². The number of hydrogen-bond acceptors (Lipinski definition) is 2. The minimum Gasteiger partial charge on any atom is -0.294 e. The van der Waals surface area contributed by atoms with Gasteiger partial charge >= 0.3 is 0 Å². The van der Waals surface area contributed by atoms with Crippen LogP contribution in [0, 0.1) is 11.3 Å². The SMILES string of the molecule is N#CC(NCc1ccccc1)c1cc(Cl)ccc1Cl. The molecule has 0 amide bonds. The summed E-state index contributed by atoms with van der Waals surface area (Å²) in [6.07, 6.45) is 0. The summed E-state index contributed by atoms with van der Waals surface area (Å²) in [5, 5.41) is 13.5. The molecule has 0 heterocycles. The van der Waals surface area contributed by atoms with E-state index in [1.165, 1.54) is 0 Å². The Balaban J connectivity index is 2.13. The van der Waals surface area contributed by atoms with Gasteiger partial charge in [-0.3, -0.25) is 5.32 Å². The summed E-state index contributed by atoms with van der Waals surface area (Å²) in [4.78, 5) is 0. The number of halogens is 2. The third-order valence-corrected chi connectivity index (χ3v) is 3.33. The Kier molecular flexibility index (Phi) is 4.81. The summed E-state index contributed by atoms with van der Waals surface area (Å²) in [5.41, 5.74) is 1.81. The zero-order valence-corrected chi connectivity index (χ0v) is 11.6. The topological polar surface area (TPSA) is 35.8 Å². The predicted octanol–water partition coefficient (Wildman–Crippen LogP) is 4.35. The van der Waals surface area contributed by atoms with E-state index in [1.54, 1.807) is 18.2 Å². The zero-order valence-electron chi connectivity index (χ0n) is 10.1. The molecule has 96 valence electrons. The lowest BCUT2D eigenvalue weighted by Gasteiger charge is -2.13.